The summed E-state index contributed by atoms with van der Waals surface area (Å²) in [6.07, 6.45) is 0. The fourth-order valence-corrected chi connectivity index (χ4v) is 1.69. The summed E-state index contributed by atoms with van der Waals surface area (Å²) in [4.78, 5) is 13.0. The summed E-state index contributed by atoms with van der Waals surface area (Å²) in [6, 6.07) is 6.08. The predicted molar refractivity (Wildman–Crippen MR) is 57.4 cm³/mol. The number of amides is 1. The van der Waals surface area contributed by atoms with Gasteiger partial charge in [-0.05, 0) is 18.2 Å². The Labute approximate surface area is 98.2 Å². The molecule has 88 valence electrons. The Morgan fingerprint density at radius 1 is 1.53 bits per heavy atom. The highest BCUT2D eigenvalue weighted by Crippen LogP contribution is 2.14. The van der Waals surface area contributed by atoms with Crippen LogP contribution in [0.15, 0.2) is 18.2 Å². The topological polar surface area (TPSA) is 53.3 Å². The van der Waals surface area contributed by atoms with Gasteiger partial charge < -0.3 is 9.64 Å². The first-order chi connectivity index (χ1) is 8.20. The molecule has 0 aliphatic carbocycles. The van der Waals surface area contributed by atoms with Crippen molar-refractivity contribution >= 4 is 5.91 Å². The lowest BCUT2D eigenvalue weighted by molar-refractivity contribution is -0.143. The monoisotopic (exact) mass is 234 g/mol. The summed E-state index contributed by atoms with van der Waals surface area (Å²) >= 11 is 0. The Hall–Kier alpha value is -1.93. The molecule has 1 amide bonds. The van der Waals surface area contributed by atoms with Gasteiger partial charge in [0.2, 0.25) is 5.91 Å². The molecule has 1 aliphatic heterocycles. The number of benzene rings is 1. The molecule has 1 heterocycles. The maximum absolute atomic E-state index is 13.5. The lowest BCUT2D eigenvalue weighted by Gasteiger charge is -2.26. The molecule has 17 heavy (non-hydrogen) atoms. The first-order valence-electron chi connectivity index (χ1n) is 5.25. The van der Waals surface area contributed by atoms with E-state index in [1.807, 2.05) is 6.07 Å². The van der Waals surface area contributed by atoms with Crippen molar-refractivity contribution < 1.29 is 13.9 Å². The van der Waals surface area contributed by atoms with E-state index in [0.29, 0.717) is 24.3 Å². The zero-order valence-corrected chi connectivity index (χ0v) is 9.15. The van der Waals surface area contributed by atoms with Crippen molar-refractivity contribution in [2.75, 3.05) is 19.8 Å². The number of halogens is 1. The van der Waals surface area contributed by atoms with Crippen LogP contribution in [0, 0.1) is 17.1 Å². The van der Waals surface area contributed by atoms with Crippen LogP contribution in [-0.2, 0) is 16.1 Å². The number of rotatable bonds is 2. The zero-order chi connectivity index (χ0) is 12.3. The second-order valence-electron chi connectivity index (χ2n) is 3.79. The van der Waals surface area contributed by atoms with Gasteiger partial charge in [0.05, 0.1) is 18.2 Å². The highest BCUT2D eigenvalue weighted by Gasteiger charge is 2.19. The van der Waals surface area contributed by atoms with Crippen molar-refractivity contribution in [3.05, 3.63) is 35.1 Å². The number of morpholine rings is 1. The summed E-state index contributed by atoms with van der Waals surface area (Å²) in [5.41, 5.74) is 0.751. The summed E-state index contributed by atoms with van der Waals surface area (Å²) in [5.74, 6) is -0.554. The number of carbonyl (C=O) groups is 1. The van der Waals surface area contributed by atoms with Crippen LogP contribution in [0.5, 0.6) is 0 Å². The van der Waals surface area contributed by atoms with Crippen molar-refractivity contribution in [3.63, 3.8) is 0 Å². The molecule has 0 saturated carbocycles. The molecule has 0 N–H and O–H groups in total. The standard InChI is InChI=1S/C12H11FN2O2/c13-11-2-1-9(6-14)5-10(11)7-15-3-4-17-8-12(15)16/h1-2,5H,3-4,7-8H2. The fraction of sp³-hybridized carbons (Fsp3) is 0.333. The average molecular weight is 234 g/mol. The molecule has 0 radical (unpaired) electrons. The van der Waals surface area contributed by atoms with E-state index in [9.17, 15) is 9.18 Å². The van der Waals surface area contributed by atoms with Crippen LogP contribution >= 0.6 is 0 Å². The largest absolute Gasteiger partial charge is 0.370 e. The molecule has 0 unspecified atom stereocenters. The second-order valence-corrected chi connectivity index (χ2v) is 3.79. The molecule has 1 aromatic carbocycles. The molecule has 4 nitrogen and oxygen atoms in total. The number of carbonyl (C=O) groups excluding carboxylic acids is 1. The Morgan fingerprint density at radius 2 is 2.35 bits per heavy atom. The molecule has 1 saturated heterocycles. The van der Waals surface area contributed by atoms with Crippen molar-refractivity contribution in [3.8, 4) is 6.07 Å². The molecule has 0 aromatic heterocycles. The molecule has 1 aliphatic rings. The minimum atomic E-state index is -0.400. The maximum Gasteiger partial charge on any atom is 0.248 e. The molecule has 5 heteroatoms. The van der Waals surface area contributed by atoms with E-state index in [4.69, 9.17) is 10.00 Å². The van der Waals surface area contributed by atoms with Crippen molar-refractivity contribution in [2.24, 2.45) is 0 Å². The average Bonchev–Trinajstić information content (AvgIpc) is 2.35. The van der Waals surface area contributed by atoms with Crippen molar-refractivity contribution in [2.45, 2.75) is 6.54 Å². The molecule has 0 spiro atoms. The third-order valence-corrected chi connectivity index (χ3v) is 2.62. The first-order valence-corrected chi connectivity index (χ1v) is 5.25. The zero-order valence-electron chi connectivity index (χ0n) is 9.15. The van der Waals surface area contributed by atoms with Crippen LogP contribution in [0.1, 0.15) is 11.1 Å². The van der Waals surface area contributed by atoms with E-state index in [0.717, 1.165) is 0 Å². The fourth-order valence-electron chi connectivity index (χ4n) is 1.69. The number of hydrogen-bond acceptors (Lipinski definition) is 3. The van der Waals surface area contributed by atoms with Crippen molar-refractivity contribution in [1.29, 1.82) is 5.26 Å². The van der Waals surface area contributed by atoms with Crippen LogP contribution in [0.2, 0.25) is 0 Å². The normalized spacial score (nSPS) is 15.8. The van der Waals surface area contributed by atoms with Gasteiger partial charge in [0.1, 0.15) is 12.4 Å². The van der Waals surface area contributed by atoms with E-state index >= 15 is 0 Å². The number of nitrogens with zero attached hydrogens (tertiary/aromatic N) is 2. The molecular formula is C12H11FN2O2. The van der Waals surface area contributed by atoms with Gasteiger partial charge in [-0.15, -0.1) is 0 Å². The smallest absolute Gasteiger partial charge is 0.248 e. The SMILES string of the molecule is N#Cc1ccc(F)c(CN2CCOCC2=O)c1. The van der Waals surface area contributed by atoms with Gasteiger partial charge in [0.25, 0.3) is 0 Å². The van der Waals surface area contributed by atoms with Crippen molar-refractivity contribution in [1.82, 2.24) is 4.90 Å². The van der Waals surface area contributed by atoms with E-state index in [1.165, 1.54) is 23.1 Å². The number of nitriles is 1. The van der Waals surface area contributed by atoms with E-state index in [2.05, 4.69) is 0 Å². The Morgan fingerprint density at radius 3 is 3.06 bits per heavy atom. The van der Waals surface area contributed by atoms with E-state index in [-0.39, 0.29) is 19.1 Å². The molecule has 0 bridgehead atoms. The lowest BCUT2D eigenvalue weighted by Crippen LogP contribution is -2.41. The van der Waals surface area contributed by atoms with Crippen LogP contribution in [0.4, 0.5) is 4.39 Å². The predicted octanol–water partition coefficient (Wildman–Crippen LogP) is 1.06. The minimum absolute atomic E-state index is 0.0412. The van der Waals surface area contributed by atoms with Crippen LogP contribution in [0.3, 0.4) is 0 Å². The van der Waals surface area contributed by atoms with Gasteiger partial charge in [-0.25, -0.2) is 4.39 Å². The highest BCUT2D eigenvalue weighted by atomic mass is 19.1. The summed E-state index contributed by atoms with van der Waals surface area (Å²) in [6.45, 7) is 1.14. The summed E-state index contributed by atoms with van der Waals surface area (Å²) < 4.78 is 18.5. The van der Waals surface area contributed by atoms with Crippen LogP contribution in [-0.4, -0.2) is 30.6 Å². The molecule has 2 rings (SSSR count). The molecule has 1 fully saturated rings. The molecular weight excluding hydrogens is 223 g/mol. The Balaban J connectivity index is 2.17. The molecule has 1 aromatic rings. The first kappa shape index (κ1) is 11.6. The number of hydrogen-bond donors (Lipinski definition) is 0. The van der Waals surface area contributed by atoms with Gasteiger partial charge in [-0.2, -0.15) is 5.26 Å². The third-order valence-electron chi connectivity index (χ3n) is 2.62. The van der Waals surface area contributed by atoms with Crippen LogP contribution in [0.25, 0.3) is 0 Å². The summed E-state index contributed by atoms with van der Waals surface area (Å²) in [7, 11) is 0. The Kier molecular flexibility index (Phi) is 3.35. The lowest BCUT2D eigenvalue weighted by atomic mass is 10.1. The van der Waals surface area contributed by atoms with E-state index in [1.54, 1.807) is 0 Å². The van der Waals surface area contributed by atoms with Gasteiger partial charge >= 0.3 is 0 Å². The van der Waals surface area contributed by atoms with Gasteiger partial charge in [0.15, 0.2) is 0 Å². The quantitative estimate of drug-likeness (QED) is 0.768. The maximum atomic E-state index is 13.5. The Bertz CT molecular complexity index is 482. The van der Waals surface area contributed by atoms with Gasteiger partial charge in [-0.3, -0.25) is 4.79 Å². The minimum Gasteiger partial charge on any atom is -0.370 e. The van der Waals surface area contributed by atoms with Gasteiger partial charge in [-0.1, -0.05) is 0 Å². The van der Waals surface area contributed by atoms with E-state index < -0.39 is 5.82 Å². The number of ether oxygens (including phenoxy) is 1. The second kappa shape index (κ2) is 4.93. The highest BCUT2D eigenvalue weighted by molar-refractivity contribution is 5.78. The summed E-state index contributed by atoms with van der Waals surface area (Å²) in [5, 5.41) is 8.74. The molecule has 0 atom stereocenters. The van der Waals surface area contributed by atoms with Crippen LogP contribution < -0.4 is 0 Å². The van der Waals surface area contributed by atoms with Gasteiger partial charge in [0, 0.05) is 18.7 Å². The third kappa shape index (κ3) is 2.60.